The van der Waals surface area contributed by atoms with Gasteiger partial charge in [0.1, 0.15) is 11.6 Å². The summed E-state index contributed by atoms with van der Waals surface area (Å²) in [4.78, 5) is 11.7. The maximum Gasteiger partial charge on any atom is 0.141 e. The van der Waals surface area contributed by atoms with E-state index in [2.05, 4.69) is 5.32 Å². The van der Waals surface area contributed by atoms with Crippen LogP contribution < -0.4 is 5.32 Å². The third-order valence-corrected chi connectivity index (χ3v) is 2.33. The van der Waals surface area contributed by atoms with Crippen molar-refractivity contribution in [1.82, 2.24) is 5.32 Å². The molecule has 1 atom stereocenters. The van der Waals surface area contributed by atoms with Crippen LogP contribution in [0.25, 0.3) is 0 Å². The summed E-state index contributed by atoms with van der Waals surface area (Å²) in [5, 5.41) is 2.95. The maximum atomic E-state index is 12.8. The quantitative estimate of drug-likeness (QED) is 0.801. The van der Waals surface area contributed by atoms with E-state index in [1.54, 1.807) is 12.1 Å². The molecule has 1 unspecified atom stereocenters. The van der Waals surface area contributed by atoms with E-state index in [0.717, 1.165) is 5.56 Å². The molecule has 82 valence electrons. The highest BCUT2D eigenvalue weighted by molar-refractivity contribution is 5.83. The predicted molar refractivity (Wildman–Crippen MR) is 58.2 cm³/mol. The van der Waals surface area contributed by atoms with Gasteiger partial charge in [-0.15, -0.1) is 0 Å². The molecular weight excluding hydrogens is 193 g/mol. The zero-order valence-electron chi connectivity index (χ0n) is 9.09. The minimum absolute atomic E-state index is 0.0294. The Morgan fingerprint density at radius 1 is 1.53 bits per heavy atom. The van der Waals surface area contributed by atoms with Crippen LogP contribution in [0.3, 0.4) is 0 Å². The Labute approximate surface area is 89.5 Å². The van der Waals surface area contributed by atoms with Crippen molar-refractivity contribution in [2.75, 3.05) is 13.6 Å². The zero-order chi connectivity index (χ0) is 11.3. The van der Waals surface area contributed by atoms with Gasteiger partial charge in [-0.1, -0.05) is 19.1 Å². The minimum Gasteiger partial charge on any atom is -0.319 e. The molecule has 1 N–H and O–H groups in total. The Hall–Kier alpha value is -1.22. The number of nitrogens with one attached hydrogen (secondary N) is 1. The monoisotopic (exact) mass is 209 g/mol. The Kier molecular flexibility index (Phi) is 4.43. The van der Waals surface area contributed by atoms with E-state index in [-0.39, 0.29) is 17.5 Å². The number of hydrogen-bond donors (Lipinski definition) is 1. The molecule has 0 amide bonds. The SMILES string of the molecule is CNCC(C)C(=O)Cc1cccc(F)c1. The van der Waals surface area contributed by atoms with Gasteiger partial charge >= 0.3 is 0 Å². The first-order valence-electron chi connectivity index (χ1n) is 5.05. The number of carbonyl (C=O) groups is 1. The number of halogens is 1. The molecule has 0 spiro atoms. The molecule has 0 aromatic heterocycles. The molecule has 1 aromatic rings. The Morgan fingerprint density at radius 3 is 2.87 bits per heavy atom. The molecular formula is C12H16FNO. The van der Waals surface area contributed by atoms with Gasteiger partial charge in [0.2, 0.25) is 0 Å². The van der Waals surface area contributed by atoms with Gasteiger partial charge in [0, 0.05) is 18.9 Å². The summed E-state index contributed by atoms with van der Waals surface area (Å²) in [7, 11) is 1.81. The third kappa shape index (κ3) is 3.80. The number of ketones is 1. The van der Waals surface area contributed by atoms with Gasteiger partial charge in [0.05, 0.1) is 0 Å². The van der Waals surface area contributed by atoms with Crippen molar-refractivity contribution in [3.8, 4) is 0 Å². The maximum absolute atomic E-state index is 12.8. The zero-order valence-corrected chi connectivity index (χ0v) is 9.09. The second kappa shape index (κ2) is 5.61. The summed E-state index contributed by atoms with van der Waals surface area (Å²) in [6.07, 6.45) is 0.306. The van der Waals surface area contributed by atoms with Crippen molar-refractivity contribution >= 4 is 5.78 Å². The Balaban J connectivity index is 2.58. The largest absolute Gasteiger partial charge is 0.319 e. The highest BCUT2D eigenvalue weighted by Crippen LogP contribution is 2.07. The molecule has 0 saturated heterocycles. The number of rotatable bonds is 5. The number of benzene rings is 1. The second-order valence-corrected chi connectivity index (χ2v) is 3.73. The number of hydrogen-bond acceptors (Lipinski definition) is 2. The van der Waals surface area contributed by atoms with Crippen LogP contribution in [0.5, 0.6) is 0 Å². The first kappa shape index (κ1) is 11.9. The fraction of sp³-hybridized carbons (Fsp3) is 0.417. The molecule has 2 nitrogen and oxygen atoms in total. The topological polar surface area (TPSA) is 29.1 Å². The van der Waals surface area contributed by atoms with Crippen molar-refractivity contribution in [3.05, 3.63) is 35.6 Å². The lowest BCUT2D eigenvalue weighted by Gasteiger charge is -2.09. The summed E-state index contributed by atoms with van der Waals surface area (Å²) >= 11 is 0. The van der Waals surface area contributed by atoms with Crippen molar-refractivity contribution < 1.29 is 9.18 Å². The minimum atomic E-state index is -0.290. The Morgan fingerprint density at radius 2 is 2.27 bits per heavy atom. The van der Waals surface area contributed by atoms with E-state index in [4.69, 9.17) is 0 Å². The van der Waals surface area contributed by atoms with Gasteiger partial charge in [-0.25, -0.2) is 4.39 Å². The molecule has 0 aliphatic heterocycles. The molecule has 0 bridgehead atoms. The van der Waals surface area contributed by atoms with Crippen molar-refractivity contribution in [1.29, 1.82) is 0 Å². The summed E-state index contributed by atoms with van der Waals surface area (Å²) < 4.78 is 12.8. The normalized spacial score (nSPS) is 12.5. The molecule has 0 aliphatic rings. The van der Waals surface area contributed by atoms with Crippen LogP contribution in [-0.2, 0) is 11.2 Å². The van der Waals surface area contributed by atoms with Crippen LogP contribution in [0.1, 0.15) is 12.5 Å². The molecule has 0 fully saturated rings. The summed E-state index contributed by atoms with van der Waals surface area (Å²) in [5.41, 5.74) is 0.739. The number of Topliss-reactive ketones (excluding diaryl/α,β-unsaturated/α-hetero) is 1. The average molecular weight is 209 g/mol. The lowest BCUT2D eigenvalue weighted by Crippen LogP contribution is -2.24. The predicted octanol–water partition coefficient (Wildman–Crippen LogP) is 1.79. The van der Waals surface area contributed by atoms with Gasteiger partial charge in [0.25, 0.3) is 0 Å². The highest BCUT2D eigenvalue weighted by atomic mass is 19.1. The van der Waals surface area contributed by atoms with Gasteiger partial charge in [-0.3, -0.25) is 4.79 Å². The average Bonchev–Trinajstić information content (AvgIpc) is 2.18. The third-order valence-electron chi connectivity index (χ3n) is 2.33. The molecule has 0 saturated carbocycles. The second-order valence-electron chi connectivity index (χ2n) is 3.73. The van der Waals surface area contributed by atoms with Crippen molar-refractivity contribution in [2.45, 2.75) is 13.3 Å². The molecule has 1 rings (SSSR count). The summed E-state index contributed by atoms with van der Waals surface area (Å²) in [6.45, 7) is 2.53. The fourth-order valence-corrected chi connectivity index (χ4v) is 1.44. The summed E-state index contributed by atoms with van der Waals surface area (Å²) in [5.74, 6) is -0.185. The van der Waals surface area contributed by atoms with Crippen LogP contribution >= 0.6 is 0 Å². The number of carbonyl (C=O) groups excluding carboxylic acids is 1. The molecule has 1 aromatic carbocycles. The lowest BCUT2D eigenvalue weighted by atomic mass is 9.99. The molecule has 15 heavy (non-hydrogen) atoms. The molecule has 0 radical (unpaired) electrons. The van der Waals surface area contributed by atoms with Crippen LogP contribution in [-0.4, -0.2) is 19.4 Å². The van der Waals surface area contributed by atoms with Crippen LogP contribution in [0.4, 0.5) is 4.39 Å². The van der Waals surface area contributed by atoms with E-state index < -0.39 is 0 Å². The van der Waals surface area contributed by atoms with E-state index >= 15 is 0 Å². The van der Waals surface area contributed by atoms with Crippen molar-refractivity contribution in [3.63, 3.8) is 0 Å². The van der Waals surface area contributed by atoms with E-state index in [0.29, 0.717) is 13.0 Å². The smallest absolute Gasteiger partial charge is 0.141 e. The fourth-order valence-electron chi connectivity index (χ4n) is 1.44. The molecule has 3 heteroatoms. The van der Waals surface area contributed by atoms with Crippen LogP contribution in [0.15, 0.2) is 24.3 Å². The highest BCUT2D eigenvalue weighted by Gasteiger charge is 2.12. The lowest BCUT2D eigenvalue weighted by molar-refractivity contribution is -0.121. The Bertz CT molecular complexity index is 338. The molecule has 0 heterocycles. The van der Waals surface area contributed by atoms with E-state index in [1.165, 1.54) is 12.1 Å². The van der Waals surface area contributed by atoms with Gasteiger partial charge in [-0.05, 0) is 24.7 Å². The van der Waals surface area contributed by atoms with Crippen LogP contribution in [0, 0.1) is 11.7 Å². The molecule has 0 aliphatic carbocycles. The first-order valence-corrected chi connectivity index (χ1v) is 5.05. The van der Waals surface area contributed by atoms with Gasteiger partial charge in [-0.2, -0.15) is 0 Å². The van der Waals surface area contributed by atoms with Crippen LogP contribution in [0.2, 0.25) is 0 Å². The summed E-state index contributed by atoms with van der Waals surface area (Å²) in [6, 6.07) is 6.18. The van der Waals surface area contributed by atoms with Gasteiger partial charge < -0.3 is 5.32 Å². The van der Waals surface area contributed by atoms with Crippen molar-refractivity contribution in [2.24, 2.45) is 5.92 Å². The standard InChI is InChI=1S/C12H16FNO/c1-9(8-14-2)12(15)7-10-4-3-5-11(13)6-10/h3-6,9,14H,7-8H2,1-2H3. The first-order chi connectivity index (χ1) is 7.13. The van der Waals surface area contributed by atoms with Gasteiger partial charge in [0.15, 0.2) is 0 Å². The van der Waals surface area contributed by atoms with E-state index in [1.807, 2.05) is 14.0 Å². The van der Waals surface area contributed by atoms with E-state index in [9.17, 15) is 9.18 Å².